The van der Waals surface area contributed by atoms with E-state index in [4.69, 9.17) is 9.47 Å². The molecule has 1 N–H and O–H groups in total. The highest BCUT2D eigenvalue weighted by atomic mass is 16.5. The van der Waals surface area contributed by atoms with Gasteiger partial charge in [0.2, 0.25) is 0 Å². The van der Waals surface area contributed by atoms with E-state index >= 15 is 0 Å². The Kier molecular flexibility index (Phi) is 4.48. The first-order valence-electron chi connectivity index (χ1n) is 7.52. The molecule has 0 aromatic heterocycles. The van der Waals surface area contributed by atoms with Crippen LogP contribution in [0.15, 0.2) is 54.6 Å². The van der Waals surface area contributed by atoms with Gasteiger partial charge in [0.15, 0.2) is 12.1 Å². The number of carbonyl (C=O) groups excluding carboxylic acids is 2. The molecule has 0 radical (unpaired) electrons. The fourth-order valence-corrected chi connectivity index (χ4v) is 2.95. The third kappa shape index (κ3) is 2.72. The number of nitrogens with zero attached hydrogens (tertiary/aromatic N) is 1. The van der Waals surface area contributed by atoms with Gasteiger partial charge in [-0.25, -0.2) is 9.59 Å². The number of anilines is 1. The van der Waals surface area contributed by atoms with Crippen LogP contribution in [0.4, 0.5) is 5.69 Å². The van der Waals surface area contributed by atoms with E-state index < -0.39 is 24.0 Å². The van der Waals surface area contributed by atoms with Crippen molar-refractivity contribution in [3.05, 3.63) is 65.7 Å². The number of hydrogen-bond acceptors (Lipinski definition) is 6. The van der Waals surface area contributed by atoms with Crippen LogP contribution in [0.5, 0.6) is 0 Å². The summed E-state index contributed by atoms with van der Waals surface area (Å²) in [6.45, 7) is 0. The van der Waals surface area contributed by atoms with Gasteiger partial charge in [-0.3, -0.25) is 0 Å². The standard InChI is InChI=1S/C18H18N2O4/c1-23-17(21)15-13-10-6-7-11-14(13)16(18(22)24-2)20(15)19-12-8-4-3-5-9-12/h3-11,15-16,19H,1-2H3/t15-,16-/m0/s1. The molecule has 2 aromatic carbocycles. The Morgan fingerprint density at radius 1 is 0.833 bits per heavy atom. The molecular formula is C18H18N2O4. The molecular weight excluding hydrogens is 308 g/mol. The highest BCUT2D eigenvalue weighted by molar-refractivity contribution is 5.86. The molecule has 1 aliphatic rings. The Balaban J connectivity index is 2.07. The average molecular weight is 326 g/mol. The third-order valence-electron chi connectivity index (χ3n) is 4.02. The van der Waals surface area contributed by atoms with E-state index in [9.17, 15) is 9.59 Å². The van der Waals surface area contributed by atoms with E-state index in [1.807, 2.05) is 54.6 Å². The van der Waals surface area contributed by atoms with Crippen molar-refractivity contribution in [3.63, 3.8) is 0 Å². The van der Waals surface area contributed by atoms with Crippen molar-refractivity contribution >= 4 is 17.6 Å². The van der Waals surface area contributed by atoms with Gasteiger partial charge in [-0.1, -0.05) is 42.5 Å². The van der Waals surface area contributed by atoms with E-state index in [2.05, 4.69) is 5.43 Å². The zero-order valence-electron chi connectivity index (χ0n) is 13.4. The summed E-state index contributed by atoms with van der Waals surface area (Å²) < 4.78 is 9.90. The monoisotopic (exact) mass is 326 g/mol. The smallest absolute Gasteiger partial charge is 0.329 e. The van der Waals surface area contributed by atoms with Gasteiger partial charge in [-0.15, -0.1) is 0 Å². The maximum Gasteiger partial charge on any atom is 0.329 e. The maximum atomic E-state index is 12.4. The van der Waals surface area contributed by atoms with Crippen LogP contribution < -0.4 is 5.43 Å². The van der Waals surface area contributed by atoms with Gasteiger partial charge in [-0.05, 0) is 23.3 Å². The molecule has 0 saturated heterocycles. The second-order valence-corrected chi connectivity index (χ2v) is 5.37. The van der Waals surface area contributed by atoms with Crippen LogP contribution in [0.25, 0.3) is 0 Å². The molecule has 0 bridgehead atoms. The zero-order chi connectivity index (χ0) is 17.1. The number of esters is 2. The average Bonchev–Trinajstić information content (AvgIpc) is 2.95. The van der Waals surface area contributed by atoms with E-state index in [1.165, 1.54) is 14.2 Å². The summed E-state index contributed by atoms with van der Waals surface area (Å²) in [7, 11) is 2.66. The van der Waals surface area contributed by atoms with Gasteiger partial charge in [0.25, 0.3) is 0 Å². The van der Waals surface area contributed by atoms with Crippen LogP contribution in [0.3, 0.4) is 0 Å². The summed E-state index contributed by atoms with van der Waals surface area (Å²) in [5.41, 5.74) is 5.36. The van der Waals surface area contributed by atoms with E-state index in [-0.39, 0.29) is 0 Å². The van der Waals surface area contributed by atoms with Crippen molar-refractivity contribution in [3.8, 4) is 0 Å². The molecule has 2 aromatic rings. The predicted octanol–water partition coefficient (Wildman–Crippen LogP) is 2.46. The molecule has 0 aliphatic carbocycles. The van der Waals surface area contributed by atoms with Gasteiger partial charge in [0, 0.05) is 5.69 Å². The van der Waals surface area contributed by atoms with Gasteiger partial charge >= 0.3 is 11.9 Å². The summed E-state index contributed by atoms with van der Waals surface area (Å²) in [5, 5.41) is 1.58. The first kappa shape index (κ1) is 16.0. The molecule has 1 aliphatic heterocycles. The number of fused-ring (bicyclic) bond motifs is 1. The molecule has 2 atom stereocenters. The van der Waals surface area contributed by atoms with Crippen LogP contribution in [0.1, 0.15) is 23.2 Å². The summed E-state index contributed by atoms with van der Waals surface area (Å²) >= 11 is 0. The lowest BCUT2D eigenvalue weighted by atomic mass is 10.0. The Hall–Kier alpha value is -2.86. The largest absolute Gasteiger partial charge is 0.468 e. The van der Waals surface area contributed by atoms with Crippen LogP contribution in [0.2, 0.25) is 0 Å². The molecule has 124 valence electrons. The highest BCUT2D eigenvalue weighted by Crippen LogP contribution is 2.43. The third-order valence-corrected chi connectivity index (χ3v) is 4.02. The Morgan fingerprint density at radius 2 is 1.29 bits per heavy atom. The summed E-state index contributed by atoms with van der Waals surface area (Å²) in [6, 6.07) is 15.1. The SMILES string of the molecule is COC(=O)[C@@H]1c2ccccc2[C@@H](C(=O)OC)N1Nc1ccccc1. The predicted molar refractivity (Wildman–Crippen MR) is 87.9 cm³/mol. The van der Waals surface area contributed by atoms with Crippen molar-refractivity contribution in [1.29, 1.82) is 0 Å². The molecule has 0 fully saturated rings. The molecule has 0 unspecified atom stereocenters. The molecule has 0 spiro atoms. The number of benzene rings is 2. The van der Waals surface area contributed by atoms with E-state index in [1.54, 1.807) is 5.01 Å². The first-order valence-corrected chi connectivity index (χ1v) is 7.52. The summed E-state index contributed by atoms with van der Waals surface area (Å²) in [6.07, 6.45) is 0. The minimum atomic E-state index is -0.740. The number of hydrogen-bond donors (Lipinski definition) is 1. The van der Waals surface area contributed by atoms with Crippen LogP contribution in [-0.4, -0.2) is 31.2 Å². The molecule has 0 saturated carbocycles. The minimum absolute atomic E-state index is 0.447. The lowest BCUT2D eigenvalue weighted by molar-refractivity contribution is -0.152. The molecule has 1 heterocycles. The van der Waals surface area contributed by atoms with Gasteiger partial charge in [-0.2, -0.15) is 5.01 Å². The molecule has 3 rings (SSSR count). The number of para-hydroxylation sites is 1. The summed E-state index contributed by atoms with van der Waals surface area (Å²) in [5.74, 6) is -0.894. The highest BCUT2D eigenvalue weighted by Gasteiger charge is 2.47. The van der Waals surface area contributed by atoms with Crippen molar-refractivity contribution in [2.45, 2.75) is 12.1 Å². The lowest BCUT2D eigenvalue weighted by Crippen LogP contribution is -2.39. The minimum Gasteiger partial charge on any atom is -0.468 e. The quantitative estimate of drug-likeness (QED) is 0.871. The molecule has 6 nitrogen and oxygen atoms in total. The normalized spacial score (nSPS) is 19.4. The number of rotatable bonds is 4. The summed E-state index contributed by atoms with van der Waals surface area (Å²) in [4.78, 5) is 24.8. The fraction of sp³-hybridized carbons (Fsp3) is 0.222. The second-order valence-electron chi connectivity index (χ2n) is 5.37. The van der Waals surface area contributed by atoms with E-state index in [0.717, 1.165) is 16.8 Å². The Labute approximate surface area is 140 Å². The number of nitrogens with one attached hydrogen (secondary N) is 1. The Bertz CT molecular complexity index is 705. The number of carbonyl (C=O) groups is 2. The lowest BCUT2D eigenvalue weighted by Gasteiger charge is -2.28. The second kappa shape index (κ2) is 6.72. The number of hydrazine groups is 1. The van der Waals surface area contributed by atoms with Crippen molar-refractivity contribution < 1.29 is 19.1 Å². The van der Waals surface area contributed by atoms with Gasteiger partial charge < -0.3 is 14.9 Å². The van der Waals surface area contributed by atoms with Crippen LogP contribution in [-0.2, 0) is 19.1 Å². The zero-order valence-corrected chi connectivity index (χ0v) is 13.4. The van der Waals surface area contributed by atoms with Crippen LogP contribution in [0, 0.1) is 0 Å². The van der Waals surface area contributed by atoms with Gasteiger partial charge in [0.05, 0.1) is 14.2 Å². The van der Waals surface area contributed by atoms with Crippen molar-refractivity contribution in [2.75, 3.05) is 19.6 Å². The van der Waals surface area contributed by atoms with Crippen molar-refractivity contribution in [1.82, 2.24) is 5.01 Å². The van der Waals surface area contributed by atoms with E-state index in [0.29, 0.717) is 0 Å². The number of ether oxygens (including phenoxy) is 2. The molecule has 24 heavy (non-hydrogen) atoms. The van der Waals surface area contributed by atoms with Gasteiger partial charge in [0.1, 0.15) is 0 Å². The topological polar surface area (TPSA) is 67.9 Å². The van der Waals surface area contributed by atoms with Crippen LogP contribution >= 0.6 is 0 Å². The van der Waals surface area contributed by atoms with Crippen molar-refractivity contribution in [2.24, 2.45) is 0 Å². The fourth-order valence-electron chi connectivity index (χ4n) is 2.95. The molecule has 0 amide bonds. The maximum absolute atomic E-state index is 12.4. The Morgan fingerprint density at radius 3 is 1.75 bits per heavy atom. The number of methoxy groups -OCH3 is 2. The molecule has 6 heteroatoms. The first-order chi connectivity index (χ1) is 11.7.